The van der Waals surface area contributed by atoms with Crippen LogP contribution in [0.1, 0.15) is 26.2 Å². The van der Waals surface area contributed by atoms with Gasteiger partial charge in [-0.25, -0.2) is 5.43 Å². The summed E-state index contributed by atoms with van der Waals surface area (Å²) >= 11 is 2.08. The average Bonchev–Trinajstić information content (AvgIpc) is 1.81. The van der Waals surface area contributed by atoms with Gasteiger partial charge < -0.3 is 0 Å². The Labute approximate surface area is 64.9 Å². The van der Waals surface area contributed by atoms with Gasteiger partial charge in [-0.1, -0.05) is 19.8 Å². The van der Waals surface area contributed by atoms with Gasteiger partial charge in [-0.2, -0.15) is 3.64 Å². The third-order valence-electron chi connectivity index (χ3n) is 0.972. The Bertz CT molecular complexity index is 35.4. The number of hydrogen-bond donors (Lipinski definition) is 2. The Morgan fingerprint density at radius 3 is 2.62 bits per heavy atom. The maximum atomic E-state index is 3.02. The molecule has 0 aliphatic rings. The van der Waals surface area contributed by atoms with E-state index in [0.29, 0.717) is 0 Å². The molecule has 0 unspecified atom stereocenters. The van der Waals surface area contributed by atoms with Gasteiger partial charge in [0.25, 0.3) is 0 Å². The van der Waals surface area contributed by atoms with Crippen LogP contribution >= 0.6 is 22.9 Å². The zero-order valence-electron chi connectivity index (χ0n) is 5.21. The summed E-state index contributed by atoms with van der Waals surface area (Å²) in [5, 5.41) is 0. The normalized spacial score (nSPS) is 9.75. The first kappa shape index (κ1) is 8.65. The monoisotopic (exact) mass is 228 g/mol. The van der Waals surface area contributed by atoms with Crippen LogP contribution in [0.3, 0.4) is 0 Å². The highest BCUT2D eigenvalue weighted by Gasteiger charge is 1.81. The molecule has 0 aromatic rings. The van der Waals surface area contributed by atoms with E-state index in [9.17, 15) is 0 Å². The lowest BCUT2D eigenvalue weighted by molar-refractivity contribution is 0.621. The van der Waals surface area contributed by atoms with E-state index in [0.717, 1.165) is 6.54 Å². The van der Waals surface area contributed by atoms with E-state index in [-0.39, 0.29) is 0 Å². The SMILES string of the molecule is CCCCCNNI. The molecule has 0 atom stereocenters. The zero-order valence-corrected chi connectivity index (χ0v) is 7.36. The van der Waals surface area contributed by atoms with E-state index in [4.69, 9.17) is 0 Å². The second-order valence-electron chi connectivity index (χ2n) is 1.73. The molecule has 0 bridgehead atoms. The largest absolute Gasteiger partial charge is 0.249 e. The molecule has 0 amide bonds. The van der Waals surface area contributed by atoms with Crippen molar-refractivity contribution in [2.75, 3.05) is 6.54 Å². The van der Waals surface area contributed by atoms with Crippen molar-refractivity contribution < 1.29 is 0 Å². The average molecular weight is 228 g/mol. The molecule has 3 heteroatoms. The summed E-state index contributed by atoms with van der Waals surface area (Å²) in [6.07, 6.45) is 3.89. The Balaban J connectivity index is 2.53. The lowest BCUT2D eigenvalue weighted by atomic mass is 10.3. The molecule has 8 heavy (non-hydrogen) atoms. The van der Waals surface area contributed by atoms with E-state index in [2.05, 4.69) is 38.9 Å². The highest BCUT2D eigenvalue weighted by molar-refractivity contribution is 14.1. The number of nitrogens with one attached hydrogen (secondary N) is 2. The molecule has 0 spiro atoms. The first-order valence-electron chi connectivity index (χ1n) is 3.00. The first-order chi connectivity index (χ1) is 3.91. The van der Waals surface area contributed by atoms with Gasteiger partial charge in [-0.3, -0.25) is 0 Å². The number of unbranched alkanes of at least 4 members (excludes halogenated alkanes) is 2. The number of hydrazine groups is 1. The standard InChI is InChI=1S/C5H13IN2/c1-2-3-4-5-7-8-6/h7-8H,2-5H2,1H3. The van der Waals surface area contributed by atoms with Gasteiger partial charge in [-0.15, -0.1) is 0 Å². The van der Waals surface area contributed by atoms with Crippen molar-refractivity contribution in [1.82, 2.24) is 9.06 Å². The third-order valence-corrected chi connectivity index (χ3v) is 1.35. The Morgan fingerprint density at radius 1 is 1.38 bits per heavy atom. The van der Waals surface area contributed by atoms with Crippen LogP contribution < -0.4 is 9.06 Å². The maximum absolute atomic E-state index is 3.02. The molecule has 0 saturated heterocycles. The molecule has 0 rings (SSSR count). The van der Waals surface area contributed by atoms with Crippen molar-refractivity contribution in [3.63, 3.8) is 0 Å². The van der Waals surface area contributed by atoms with Gasteiger partial charge in [0.1, 0.15) is 0 Å². The lowest BCUT2D eigenvalue weighted by Gasteiger charge is -1.97. The molecule has 0 aromatic carbocycles. The minimum Gasteiger partial charge on any atom is -0.249 e. The minimum absolute atomic E-state index is 1.08. The van der Waals surface area contributed by atoms with Gasteiger partial charge in [-0.05, 0) is 6.42 Å². The molecule has 0 fully saturated rings. The molecule has 2 nitrogen and oxygen atoms in total. The summed E-state index contributed by atoms with van der Waals surface area (Å²) < 4.78 is 2.85. The second kappa shape index (κ2) is 7.65. The van der Waals surface area contributed by atoms with Crippen LogP contribution in [-0.4, -0.2) is 6.54 Å². The van der Waals surface area contributed by atoms with Crippen LogP contribution in [0.25, 0.3) is 0 Å². The van der Waals surface area contributed by atoms with E-state index in [1.807, 2.05) is 0 Å². The van der Waals surface area contributed by atoms with Crippen LogP contribution in [0.15, 0.2) is 0 Å². The number of halogens is 1. The van der Waals surface area contributed by atoms with Crippen molar-refractivity contribution >= 4 is 22.9 Å². The fourth-order valence-corrected chi connectivity index (χ4v) is 0.780. The van der Waals surface area contributed by atoms with Gasteiger partial charge >= 0.3 is 0 Å². The quantitative estimate of drug-likeness (QED) is 0.323. The second-order valence-corrected chi connectivity index (χ2v) is 2.27. The molecule has 50 valence electrons. The van der Waals surface area contributed by atoms with Crippen molar-refractivity contribution in [3.8, 4) is 0 Å². The number of hydrogen-bond acceptors (Lipinski definition) is 2. The van der Waals surface area contributed by atoms with Crippen LogP contribution in [0.4, 0.5) is 0 Å². The molecule has 0 saturated carbocycles. The van der Waals surface area contributed by atoms with Gasteiger partial charge in [0.15, 0.2) is 0 Å². The van der Waals surface area contributed by atoms with Crippen molar-refractivity contribution in [2.24, 2.45) is 0 Å². The van der Waals surface area contributed by atoms with Crippen molar-refractivity contribution in [2.45, 2.75) is 26.2 Å². The fourth-order valence-electron chi connectivity index (χ4n) is 0.511. The van der Waals surface area contributed by atoms with Crippen molar-refractivity contribution in [3.05, 3.63) is 0 Å². The van der Waals surface area contributed by atoms with Crippen LogP contribution in [-0.2, 0) is 0 Å². The molecule has 0 aliphatic carbocycles. The number of rotatable bonds is 5. The van der Waals surface area contributed by atoms with E-state index < -0.39 is 0 Å². The van der Waals surface area contributed by atoms with Gasteiger partial charge in [0.05, 0.1) is 0 Å². The van der Waals surface area contributed by atoms with Crippen LogP contribution in [0.2, 0.25) is 0 Å². The first-order valence-corrected chi connectivity index (χ1v) is 4.08. The Hall–Kier alpha value is 0.650. The zero-order chi connectivity index (χ0) is 6.24. The summed E-state index contributed by atoms with van der Waals surface area (Å²) in [5.74, 6) is 0. The Morgan fingerprint density at radius 2 is 2.12 bits per heavy atom. The summed E-state index contributed by atoms with van der Waals surface area (Å²) in [6.45, 7) is 3.29. The van der Waals surface area contributed by atoms with Crippen molar-refractivity contribution in [1.29, 1.82) is 0 Å². The summed E-state index contributed by atoms with van der Waals surface area (Å²) in [7, 11) is 0. The predicted octanol–water partition coefficient (Wildman–Crippen LogP) is 1.62. The fraction of sp³-hybridized carbons (Fsp3) is 1.00. The van der Waals surface area contributed by atoms with Crippen LogP contribution in [0, 0.1) is 0 Å². The topological polar surface area (TPSA) is 24.1 Å². The van der Waals surface area contributed by atoms with Gasteiger partial charge in [0, 0.05) is 29.4 Å². The molecular formula is C5H13IN2. The lowest BCUT2D eigenvalue weighted by Crippen LogP contribution is -2.22. The molecule has 2 N–H and O–H groups in total. The minimum atomic E-state index is 1.08. The van der Waals surface area contributed by atoms with Crippen LogP contribution in [0.5, 0.6) is 0 Å². The van der Waals surface area contributed by atoms with E-state index in [1.54, 1.807) is 0 Å². The summed E-state index contributed by atoms with van der Waals surface area (Å²) in [6, 6.07) is 0. The molecule has 0 aromatic heterocycles. The van der Waals surface area contributed by atoms with Gasteiger partial charge in [0.2, 0.25) is 0 Å². The highest BCUT2D eigenvalue weighted by atomic mass is 127. The molecule has 0 radical (unpaired) electrons. The predicted molar refractivity (Wildman–Crippen MR) is 44.7 cm³/mol. The highest BCUT2D eigenvalue weighted by Crippen LogP contribution is 1.89. The smallest absolute Gasteiger partial charge is 0.0334 e. The molecular weight excluding hydrogens is 215 g/mol. The maximum Gasteiger partial charge on any atom is 0.0334 e. The Kier molecular flexibility index (Phi) is 8.27. The van der Waals surface area contributed by atoms with E-state index >= 15 is 0 Å². The third kappa shape index (κ3) is 6.65. The molecule has 0 aliphatic heterocycles. The molecule has 0 heterocycles. The van der Waals surface area contributed by atoms with E-state index in [1.165, 1.54) is 19.3 Å². The summed E-state index contributed by atoms with van der Waals surface area (Å²) in [5.41, 5.74) is 3.02. The summed E-state index contributed by atoms with van der Waals surface area (Å²) in [4.78, 5) is 0.